The van der Waals surface area contributed by atoms with E-state index in [4.69, 9.17) is 4.74 Å². The normalized spacial score (nSPS) is 10.6. The van der Waals surface area contributed by atoms with Gasteiger partial charge in [-0.05, 0) is 24.4 Å². The smallest absolute Gasteiger partial charge is 0.246 e. The summed E-state index contributed by atoms with van der Waals surface area (Å²) in [6.07, 6.45) is 1.92. The Morgan fingerprint density at radius 2 is 2.42 bits per heavy atom. The number of ether oxygens (including phenoxy) is 1. The number of nitrogens with one attached hydrogen (secondary N) is 1. The number of rotatable bonds is 7. The van der Waals surface area contributed by atoms with Crippen molar-refractivity contribution in [3.8, 4) is 11.3 Å². The van der Waals surface area contributed by atoms with Crippen LogP contribution in [0.15, 0.2) is 29.1 Å². The number of carbonyl (C=O) groups excluding carboxylic acids is 1. The van der Waals surface area contributed by atoms with E-state index in [0.29, 0.717) is 19.7 Å². The highest BCUT2D eigenvalue weighted by Crippen LogP contribution is 2.19. The van der Waals surface area contributed by atoms with Gasteiger partial charge < -0.3 is 10.1 Å². The molecule has 0 aliphatic carbocycles. The second-order valence-electron chi connectivity index (χ2n) is 3.96. The van der Waals surface area contributed by atoms with Crippen molar-refractivity contribution in [2.45, 2.75) is 13.5 Å². The standard InChI is InChI=1S/C13H17N3O2S/c1-2-18-9-13(17)14-5-7-16-6-3-12(15-16)11-4-8-19-10-11/h3-4,6,8,10H,2,5,7,9H2,1H3,(H,14,17). The summed E-state index contributed by atoms with van der Waals surface area (Å²) in [5.74, 6) is -0.0907. The molecular formula is C13H17N3O2S. The van der Waals surface area contributed by atoms with Gasteiger partial charge in [0.1, 0.15) is 6.61 Å². The summed E-state index contributed by atoms with van der Waals surface area (Å²) in [7, 11) is 0. The van der Waals surface area contributed by atoms with E-state index in [0.717, 1.165) is 11.3 Å². The molecular weight excluding hydrogens is 262 g/mol. The van der Waals surface area contributed by atoms with Gasteiger partial charge in [-0.2, -0.15) is 16.4 Å². The molecule has 2 heterocycles. The van der Waals surface area contributed by atoms with Crippen molar-refractivity contribution in [1.29, 1.82) is 0 Å². The van der Waals surface area contributed by atoms with Crippen molar-refractivity contribution in [3.05, 3.63) is 29.1 Å². The van der Waals surface area contributed by atoms with Gasteiger partial charge in [-0.1, -0.05) is 0 Å². The predicted molar refractivity (Wildman–Crippen MR) is 75.0 cm³/mol. The fourth-order valence-electron chi connectivity index (χ4n) is 1.61. The van der Waals surface area contributed by atoms with E-state index in [9.17, 15) is 4.79 Å². The Bertz CT molecular complexity index is 508. The molecule has 6 heteroatoms. The summed E-state index contributed by atoms with van der Waals surface area (Å²) in [5, 5.41) is 11.3. The molecule has 0 saturated carbocycles. The van der Waals surface area contributed by atoms with Gasteiger partial charge in [-0.25, -0.2) is 0 Å². The molecule has 0 fully saturated rings. The van der Waals surface area contributed by atoms with Crippen LogP contribution in [0.25, 0.3) is 11.3 Å². The van der Waals surface area contributed by atoms with Crippen molar-refractivity contribution in [2.75, 3.05) is 19.8 Å². The first-order valence-corrected chi connectivity index (χ1v) is 7.14. The second-order valence-corrected chi connectivity index (χ2v) is 4.74. The molecule has 2 aromatic heterocycles. The van der Waals surface area contributed by atoms with Crippen molar-refractivity contribution in [2.24, 2.45) is 0 Å². The minimum Gasteiger partial charge on any atom is -0.372 e. The van der Waals surface area contributed by atoms with Crippen molar-refractivity contribution in [1.82, 2.24) is 15.1 Å². The highest BCUT2D eigenvalue weighted by Gasteiger charge is 2.03. The highest BCUT2D eigenvalue weighted by molar-refractivity contribution is 7.08. The van der Waals surface area contributed by atoms with E-state index >= 15 is 0 Å². The molecule has 2 rings (SSSR count). The third kappa shape index (κ3) is 4.18. The molecule has 0 saturated heterocycles. The second kappa shape index (κ2) is 7.06. The van der Waals surface area contributed by atoms with Crippen LogP contribution in [0.4, 0.5) is 0 Å². The van der Waals surface area contributed by atoms with Crippen LogP contribution in [0.3, 0.4) is 0 Å². The Labute approximate surface area is 116 Å². The summed E-state index contributed by atoms with van der Waals surface area (Å²) in [5.41, 5.74) is 2.09. The van der Waals surface area contributed by atoms with Crippen LogP contribution in [0.5, 0.6) is 0 Å². The average molecular weight is 279 g/mol. The van der Waals surface area contributed by atoms with Gasteiger partial charge in [0.05, 0.1) is 12.2 Å². The zero-order valence-corrected chi connectivity index (χ0v) is 11.7. The van der Waals surface area contributed by atoms with Crippen LogP contribution in [0.1, 0.15) is 6.92 Å². The first-order valence-electron chi connectivity index (χ1n) is 6.20. The largest absolute Gasteiger partial charge is 0.372 e. The average Bonchev–Trinajstić information content (AvgIpc) is 3.06. The van der Waals surface area contributed by atoms with E-state index < -0.39 is 0 Å². The minimum absolute atomic E-state index is 0.0907. The molecule has 0 spiro atoms. The minimum atomic E-state index is -0.0907. The van der Waals surface area contributed by atoms with E-state index in [1.807, 2.05) is 35.3 Å². The first-order chi connectivity index (χ1) is 9.29. The van der Waals surface area contributed by atoms with Gasteiger partial charge in [0.25, 0.3) is 0 Å². The molecule has 0 unspecified atom stereocenters. The third-order valence-corrected chi connectivity index (χ3v) is 3.24. The zero-order chi connectivity index (χ0) is 13.5. The summed E-state index contributed by atoms with van der Waals surface area (Å²) >= 11 is 1.65. The number of thiophene rings is 1. The molecule has 0 aromatic carbocycles. The molecule has 1 N–H and O–H groups in total. The van der Waals surface area contributed by atoms with E-state index in [2.05, 4.69) is 15.8 Å². The molecule has 102 valence electrons. The Morgan fingerprint density at radius 1 is 1.53 bits per heavy atom. The van der Waals surface area contributed by atoms with Gasteiger partial charge >= 0.3 is 0 Å². The SMILES string of the molecule is CCOCC(=O)NCCn1ccc(-c2ccsc2)n1. The maximum atomic E-state index is 11.3. The number of nitrogens with zero attached hydrogens (tertiary/aromatic N) is 2. The zero-order valence-electron chi connectivity index (χ0n) is 10.8. The summed E-state index contributed by atoms with van der Waals surface area (Å²) < 4.78 is 6.85. The van der Waals surface area contributed by atoms with E-state index in [1.165, 1.54) is 0 Å². The highest BCUT2D eigenvalue weighted by atomic mass is 32.1. The molecule has 0 bridgehead atoms. The molecule has 0 radical (unpaired) electrons. The lowest BCUT2D eigenvalue weighted by atomic mass is 10.2. The lowest BCUT2D eigenvalue weighted by Crippen LogP contribution is -2.30. The van der Waals surface area contributed by atoms with E-state index in [1.54, 1.807) is 11.3 Å². The molecule has 5 nitrogen and oxygen atoms in total. The molecule has 0 atom stereocenters. The third-order valence-electron chi connectivity index (χ3n) is 2.56. The summed E-state index contributed by atoms with van der Waals surface area (Å²) in [4.78, 5) is 11.3. The van der Waals surface area contributed by atoms with Gasteiger partial charge in [0.15, 0.2) is 0 Å². The Morgan fingerprint density at radius 3 is 3.16 bits per heavy atom. The quantitative estimate of drug-likeness (QED) is 0.840. The van der Waals surface area contributed by atoms with Gasteiger partial charge in [0.2, 0.25) is 5.91 Å². The fraction of sp³-hybridized carbons (Fsp3) is 0.385. The maximum absolute atomic E-state index is 11.3. The maximum Gasteiger partial charge on any atom is 0.246 e. The van der Waals surface area contributed by atoms with Crippen LogP contribution in [0.2, 0.25) is 0 Å². The number of carbonyl (C=O) groups is 1. The first kappa shape index (κ1) is 13.8. The number of amides is 1. The molecule has 1 amide bonds. The summed E-state index contributed by atoms with van der Waals surface area (Å²) in [6, 6.07) is 4.02. The number of hydrogen-bond acceptors (Lipinski definition) is 4. The predicted octanol–water partition coefficient (Wildman–Crippen LogP) is 1.76. The monoisotopic (exact) mass is 279 g/mol. The fourth-order valence-corrected chi connectivity index (χ4v) is 2.26. The topological polar surface area (TPSA) is 56.1 Å². The lowest BCUT2D eigenvalue weighted by Gasteiger charge is -2.05. The van der Waals surface area contributed by atoms with E-state index in [-0.39, 0.29) is 12.5 Å². The Hall–Kier alpha value is -1.66. The van der Waals surface area contributed by atoms with Gasteiger partial charge in [0, 0.05) is 30.3 Å². The van der Waals surface area contributed by atoms with Crippen molar-refractivity contribution < 1.29 is 9.53 Å². The van der Waals surface area contributed by atoms with Crippen molar-refractivity contribution in [3.63, 3.8) is 0 Å². The Balaban J connectivity index is 1.76. The van der Waals surface area contributed by atoms with Crippen LogP contribution in [-0.4, -0.2) is 35.4 Å². The summed E-state index contributed by atoms with van der Waals surface area (Å²) in [6.45, 7) is 3.74. The lowest BCUT2D eigenvalue weighted by molar-refractivity contribution is -0.125. The van der Waals surface area contributed by atoms with Crippen LogP contribution in [0, 0.1) is 0 Å². The molecule has 0 aliphatic rings. The number of aromatic nitrogens is 2. The molecule has 19 heavy (non-hydrogen) atoms. The van der Waals surface area contributed by atoms with Gasteiger partial charge in [-0.15, -0.1) is 0 Å². The molecule has 0 aliphatic heterocycles. The van der Waals surface area contributed by atoms with Gasteiger partial charge in [-0.3, -0.25) is 9.48 Å². The molecule has 2 aromatic rings. The van der Waals surface area contributed by atoms with Crippen LogP contribution < -0.4 is 5.32 Å². The Kier molecular flexibility index (Phi) is 5.11. The van der Waals surface area contributed by atoms with Crippen LogP contribution >= 0.6 is 11.3 Å². The van der Waals surface area contributed by atoms with Crippen LogP contribution in [-0.2, 0) is 16.1 Å². The van der Waals surface area contributed by atoms with Crippen molar-refractivity contribution >= 4 is 17.2 Å². The number of hydrogen-bond donors (Lipinski definition) is 1.